The van der Waals surface area contributed by atoms with E-state index in [2.05, 4.69) is 10.1 Å². The second kappa shape index (κ2) is 5.66. The number of rotatable bonds is 2. The summed E-state index contributed by atoms with van der Waals surface area (Å²) >= 11 is 6.32. The van der Waals surface area contributed by atoms with Gasteiger partial charge in [-0.05, 0) is 37.1 Å². The van der Waals surface area contributed by atoms with Gasteiger partial charge in [-0.25, -0.2) is 4.52 Å². The summed E-state index contributed by atoms with van der Waals surface area (Å²) in [4.78, 5) is 18.7. The molecule has 0 bridgehead atoms. The maximum absolute atomic E-state index is 12.7. The summed E-state index contributed by atoms with van der Waals surface area (Å²) in [7, 11) is 0. The summed E-state index contributed by atoms with van der Waals surface area (Å²) < 4.78 is 1.72. The van der Waals surface area contributed by atoms with E-state index >= 15 is 0 Å². The Morgan fingerprint density at radius 3 is 2.78 bits per heavy atom. The topological polar surface area (TPSA) is 50.5 Å². The van der Waals surface area contributed by atoms with Gasteiger partial charge in [0.25, 0.3) is 5.91 Å². The van der Waals surface area contributed by atoms with Crippen LogP contribution in [0, 0.1) is 0 Å². The van der Waals surface area contributed by atoms with Crippen LogP contribution >= 0.6 is 11.6 Å². The summed E-state index contributed by atoms with van der Waals surface area (Å²) in [6, 6.07) is 7.42. The number of aromatic nitrogens is 3. The van der Waals surface area contributed by atoms with Gasteiger partial charge in [0.05, 0.1) is 10.5 Å². The van der Waals surface area contributed by atoms with Crippen molar-refractivity contribution in [1.29, 1.82) is 0 Å². The normalized spacial score (nSPS) is 14.6. The molecule has 1 fully saturated rings. The number of hydrogen-bond donors (Lipinski definition) is 0. The minimum Gasteiger partial charge on any atom is -0.337 e. The summed E-state index contributed by atoms with van der Waals surface area (Å²) in [6.45, 7) is 1.60. The largest absolute Gasteiger partial charge is 0.337 e. The van der Waals surface area contributed by atoms with Crippen molar-refractivity contribution in [3.63, 3.8) is 0 Å². The van der Waals surface area contributed by atoms with Gasteiger partial charge < -0.3 is 4.90 Å². The summed E-state index contributed by atoms with van der Waals surface area (Å²) in [6.07, 6.45) is 7.31. The highest BCUT2D eigenvalue weighted by molar-refractivity contribution is 6.33. The molecule has 4 heterocycles. The monoisotopic (exact) mass is 326 g/mol. The molecule has 0 saturated carbocycles. The predicted octanol–water partition coefficient (Wildman–Crippen LogP) is 3.29. The number of halogens is 1. The molecule has 0 unspecified atom stereocenters. The summed E-state index contributed by atoms with van der Waals surface area (Å²) in [5, 5.41) is 5.06. The Morgan fingerprint density at radius 1 is 1.17 bits per heavy atom. The zero-order valence-corrected chi connectivity index (χ0v) is 13.2. The van der Waals surface area contributed by atoms with E-state index in [1.54, 1.807) is 23.0 Å². The first-order chi connectivity index (χ1) is 11.2. The van der Waals surface area contributed by atoms with Gasteiger partial charge in [-0.15, -0.1) is 0 Å². The lowest BCUT2D eigenvalue weighted by Crippen LogP contribution is -2.28. The number of nitrogens with zero attached hydrogens (tertiary/aromatic N) is 4. The van der Waals surface area contributed by atoms with Gasteiger partial charge in [0, 0.05) is 42.8 Å². The van der Waals surface area contributed by atoms with Gasteiger partial charge >= 0.3 is 0 Å². The Kier molecular flexibility index (Phi) is 3.50. The zero-order chi connectivity index (χ0) is 15.8. The molecule has 1 aliphatic heterocycles. The minimum absolute atomic E-state index is 0.0284. The molecule has 1 aliphatic rings. The molecule has 23 heavy (non-hydrogen) atoms. The van der Waals surface area contributed by atoms with Crippen molar-refractivity contribution in [3.8, 4) is 11.1 Å². The van der Waals surface area contributed by atoms with Gasteiger partial charge in [0.15, 0.2) is 0 Å². The molecule has 3 aromatic heterocycles. The average Bonchev–Trinajstić information content (AvgIpc) is 3.25. The zero-order valence-electron chi connectivity index (χ0n) is 12.4. The maximum Gasteiger partial charge on any atom is 0.274 e. The molecule has 1 saturated heterocycles. The van der Waals surface area contributed by atoms with Crippen molar-refractivity contribution < 1.29 is 4.79 Å². The van der Waals surface area contributed by atoms with E-state index < -0.39 is 0 Å². The van der Waals surface area contributed by atoms with E-state index in [9.17, 15) is 4.79 Å². The van der Waals surface area contributed by atoms with Crippen molar-refractivity contribution >= 4 is 23.0 Å². The Hall–Kier alpha value is -2.40. The third-order valence-corrected chi connectivity index (χ3v) is 4.50. The minimum atomic E-state index is -0.0284. The lowest BCUT2D eigenvalue weighted by molar-refractivity contribution is 0.0785. The molecule has 0 aliphatic carbocycles. The van der Waals surface area contributed by atoms with Crippen molar-refractivity contribution in [3.05, 3.63) is 53.6 Å². The highest BCUT2D eigenvalue weighted by Crippen LogP contribution is 2.31. The van der Waals surface area contributed by atoms with Gasteiger partial charge in [-0.2, -0.15) is 5.10 Å². The smallest absolute Gasteiger partial charge is 0.274 e. The molecule has 4 rings (SSSR count). The van der Waals surface area contributed by atoms with E-state index in [4.69, 9.17) is 11.6 Å². The number of carbonyl (C=O) groups is 1. The van der Waals surface area contributed by atoms with E-state index in [1.807, 2.05) is 29.3 Å². The summed E-state index contributed by atoms with van der Waals surface area (Å²) in [5.74, 6) is -0.0284. The van der Waals surface area contributed by atoms with Crippen LogP contribution in [0.25, 0.3) is 16.6 Å². The maximum atomic E-state index is 12.7. The molecule has 1 amide bonds. The molecule has 5 nitrogen and oxygen atoms in total. The molecule has 0 spiro atoms. The lowest BCUT2D eigenvalue weighted by Gasteiger charge is -2.16. The van der Waals surface area contributed by atoms with Crippen molar-refractivity contribution in [2.45, 2.75) is 12.8 Å². The van der Waals surface area contributed by atoms with Crippen LogP contribution in [0.2, 0.25) is 5.02 Å². The van der Waals surface area contributed by atoms with E-state index in [1.165, 1.54) is 0 Å². The van der Waals surface area contributed by atoms with E-state index in [0.29, 0.717) is 10.7 Å². The van der Waals surface area contributed by atoms with Crippen LogP contribution < -0.4 is 0 Å². The molecule has 0 atom stereocenters. The van der Waals surface area contributed by atoms with Crippen molar-refractivity contribution in [2.24, 2.45) is 0 Å². The van der Waals surface area contributed by atoms with Gasteiger partial charge in [-0.3, -0.25) is 9.78 Å². The second-order valence-electron chi connectivity index (χ2n) is 5.64. The predicted molar refractivity (Wildman–Crippen MR) is 88.6 cm³/mol. The van der Waals surface area contributed by atoms with Crippen LogP contribution in [0.3, 0.4) is 0 Å². The number of pyridine rings is 1. The Labute approximate surface area is 138 Å². The first-order valence-electron chi connectivity index (χ1n) is 7.61. The first-order valence-corrected chi connectivity index (χ1v) is 7.99. The Balaban J connectivity index is 1.88. The molecular weight excluding hydrogens is 312 g/mol. The number of fused-ring (bicyclic) bond motifs is 1. The lowest BCUT2D eigenvalue weighted by atomic mass is 10.1. The quantitative estimate of drug-likeness (QED) is 0.726. The molecule has 6 heteroatoms. The molecule has 3 aromatic rings. The fourth-order valence-electron chi connectivity index (χ4n) is 3.01. The Bertz CT molecular complexity index is 883. The molecule has 116 valence electrons. The van der Waals surface area contributed by atoms with Crippen LogP contribution in [0.15, 0.2) is 42.9 Å². The third-order valence-electron chi connectivity index (χ3n) is 4.17. The number of hydrogen-bond acceptors (Lipinski definition) is 3. The van der Waals surface area contributed by atoms with Crippen molar-refractivity contribution in [2.75, 3.05) is 13.1 Å². The fourth-order valence-corrected chi connectivity index (χ4v) is 3.21. The third kappa shape index (κ3) is 2.47. The SMILES string of the molecule is O=C(c1cc(-c2cnccc2Cl)c2cccn2n1)N1CCCC1. The Morgan fingerprint density at radius 2 is 2.00 bits per heavy atom. The highest BCUT2D eigenvalue weighted by Gasteiger charge is 2.22. The number of amides is 1. The van der Waals surface area contributed by atoms with Crippen LogP contribution in [-0.4, -0.2) is 38.5 Å². The number of likely N-dealkylation sites (tertiary alicyclic amines) is 1. The van der Waals surface area contributed by atoms with Gasteiger partial charge in [0.2, 0.25) is 0 Å². The molecule has 0 aromatic carbocycles. The highest BCUT2D eigenvalue weighted by atomic mass is 35.5. The molecular formula is C17H15ClN4O. The summed E-state index contributed by atoms with van der Waals surface area (Å²) in [5.41, 5.74) is 3.00. The van der Waals surface area contributed by atoms with Crippen LogP contribution in [0.4, 0.5) is 0 Å². The first kappa shape index (κ1) is 14.2. The van der Waals surface area contributed by atoms with Crippen LogP contribution in [0.5, 0.6) is 0 Å². The molecule has 0 N–H and O–H groups in total. The van der Waals surface area contributed by atoms with Crippen LogP contribution in [0.1, 0.15) is 23.3 Å². The second-order valence-corrected chi connectivity index (χ2v) is 6.04. The van der Waals surface area contributed by atoms with Gasteiger partial charge in [0.1, 0.15) is 5.69 Å². The van der Waals surface area contributed by atoms with Crippen LogP contribution in [-0.2, 0) is 0 Å². The van der Waals surface area contributed by atoms with Crippen molar-refractivity contribution in [1.82, 2.24) is 19.5 Å². The number of carbonyl (C=O) groups excluding carboxylic acids is 1. The fraction of sp³-hybridized carbons (Fsp3) is 0.235. The van der Waals surface area contributed by atoms with E-state index in [-0.39, 0.29) is 5.91 Å². The average molecular weight is 327 g/mol. The molecule has 0 radical (unpaired) electrons. The van der Waals surface area contributed by atoms with Gasteiger partial charge in [-0.1, -0.05) is 11.6 Å². The van der Waals surface area contributed by atoms with E-state index in [0.717, 1.165) is 42.6 Å². The standard InChI is InChI=1S/C17H15ClN4O/c18-14-5-6-19-11-13(14)12-10-15(17(23)21-7-1-2-8-21)20-22-9-3-4-16(12)22/h3-6,9-11H,1-2,7-8H2.